The lowest BCUT2D eigenvalue weighted by Gasteiger charge is -2.13. The van der Waals surface area contributed by atoms with Crippen molar-refractivity contribution in [3.8, 4) is 0 Å². The normalized spacial score (nSPS) is 11.5. The van der Waals surface area contributed by atoms with Crippen LogP contribution in [0.25, 0.3) is 0 Å². The summed E-state index contributed by atoms with van der Waals surface area (Å²) in [7, 11) is 1.24. The number of hydrogen-bond donors (Lipinski definition) is 3. The average molecular weight is 370 g/mol. The average Bonchev–Trinajstić information content (AvgIpc) is 2.57. The number of esters is 1. The van der Waals surface area contributed by atoms with E-state index in [0.29, 0.717) is 6.54 Å². The molecule has 10 heteroatoms. The minimum Gasteiger partial charge on any atom is -0.469 e. The van der Waals surface area contributed by atoms with Gasteiger partial charge in [-0.15, -0.1) is 0 Å². The van der Waals surface area contributed by atoms with Crippen LogP contribution in [0.2, 0.25) is 0 Å². The first-order valence-corrected chi connectivity index (χ1v) is 8.71. The van der Waals surface area contributed by atoms with Crippen molar-refractivity contribution in [1.29, 1.82) is 0 Å². The molecule has 0 unspecified atom stereocenters. The Balaban J connectivity index is 2.56. The first-order valence-electron chi connectivity index (χ1n) is 7.72. The van der Waals surface area contributed by atoms with Crippen LogP contribution in [-0.2, 0) is 25.5 Å². The summed E-state index contributed by atoms with van der Waals surface area (Å²) in [4.78, 5) is 53.0. The summed E-state index contributed by atoms with van der Waals surface area (Å²) in [6, 6.07) is 0.540. The van der Waals surface area contributed by atoms with Crippen LogP contribution < -0.4 is 16.2 Å². The zero-order valence-electron chi connectivity index (χ0n) is 14.4. The molecule has 1 aromatic rings. The highest BCUT2D eigenvalue weighted by Crippen LogP contribution is 2.11. The Hall–Kier alpha value is -2.36. The number of H-pyrrole nitrogens is 1. The van der Waals surface area contributed by atoms with Gasteiger partial charge in [0.05, 0.1) is 25.0 Å². The van der Waals surface area contributed by atoms with Gasteiger partial charge < -0.3 is 20.4 Å². The minimum absolute atomic E-state index is 0.0317. The van der Waals surface area contributed by atoms with Gasteiger partial charge in [0, 0.05) is 12.6 Å². The van der Waals surface area contributed by atoms with Gasteiger partial charge in [0.1, 0.15) is 6.04 Å². The molecule has 9 nitrogen and oxygen atoms in total. The number of nitrogens with one attached hydrogen (secondary N) is 3. The zero-order valence-corrected chi connectivity index (χ0v) is 15.2. The number of methoxy groups -OCH3 is 1. The fourth-order valence-corrected chi connectivity index (χ4v) is 2.45. The van der Waals surface area contributed by atoms with Gasteiger partial charge in [0.2, 0.25) is 11.8 Å². The number of carbonyl (C=O) groups is 3. The maximum absolute atomic E-state index is 11.9. The van der Waals surface area contributed by atoms with E-state index in [2.05, 4.69) is 25.3 Å². The fourth-order valence-electron chi connectivity index (χ4n) is 1.75. The molecule has 138 valence electrons. The first-order chi connectivity index (χ1) is 11.8. The molecular formula is C15H22N4O5S. The Bertz CT molecular complexity index is 676. The van der Waals surface area contributed by atoms with E-state index < -0.39 is 17.6 Å². The van der Waals surface area contributed by atoms with E-state index in [-0.39, 0.29) is 34.8 Å². The second-order valence-corrected chi connectivity index (χ2v) is 6.13. The third kappa shape index (κ3) is 7.84. The Labute approximate surface area is 149 Å². The van der Waals surface area contributed by atoms with Crippen LogP contribution in [-0.4, -0.2) is 53.2 Å². The molecule has 0 aliphatic heterocycles. The molecule has 25 heavy (non-hydrogen) atoms. The van der Waals surface area contributed by atoms with Gasteiger partial charge in [-0.05, 0) is 13.3 Å². The van der Waals surface area contributed by atoms with Crippen LogP contribution >= 0.6 is 11.8 Å². The Morgan fingerprint density at radius 1 is 1.40 bits per heavy atom. The second-order valence-electron chi connectivity index (χ2n) is 5.16. The lowest BCUT2D eigenvalue weighted by molar-refractivity contribution is -0.139. The molecule has 0 radical (unpaired) electrons. The van der Waals surface area contributed by atoms with E-state index in [0.717, 1.165) is 18.2 Å². The van der Waals surface area contributed by atoms with Crippen molar-refractivity contribution in [2.75, 3.05) is 19.4 Å². The molecule has 0 aliphatic carbocycles. The molecule has 0 saturated heterocycles. The number of thioether (sulfide) groups is 1. The Kier molecular flexibility index (Phi) is 8.68. The van der Waals surface area contributed by atoms with Crippen molar-refractivity contribution in [2.24, 2.45) is 0 Å². The molecule has 1 rings (SSSR count). The molecule has 2 amide bonds. The van der Waals surface area contributed by atoms with Gasteiger partial charge in [-0.1, -0.05) is 18.7 Å². The van der Waals surface area contributed by atoms with E-state index in [4.69, 9.17) is 0 Å². The van der Waals surface area contributed by atoms with Crippen LogP contribution in [0.15, 0.2) is 16.0 Å². The molecule has 0 saturated carbocycles. The molecule has 1 heterocycles. The summed E-state index contributed by atoms with van der Waals surface area (Å²) >= 11 is 1.00. The van der Waals surface area contributed by atoms with Gasteiger partial charge in [-0.3, -0.25) is 19.2 Å². The molecule has 0 aliphatic rings. The quantitative estimate of drug-likeness (QED) is 0.306. The van der Waals surface area contributed by atoms with Gasteiger partial charge in [-0.2, -0.15) is 0 Å². The van der Waals surface area contributed by atoms with Crippen molar-refractivity contribution in [1.82, 2.24) is 20.6 Å². The van der Waals surface area contributed by atoms with Crippen molar-refractivity contribution in [3.63, 3.8) is 0 Å². The summed E-state index contributed by atoms with van der Waals surface area (Å²) in [5.74, 6) is -1.17. The maximum atomic E-state index is 11.9. The molecule has 0 aromatic carbocycles. The molecule has 0 fully saturated rings. The van der Waals surface area contributed by atoms with Crippen LogP contribution in [0.4, 0.5) is 0 Å². The number of aromatic amines is 1. The highest BCUT2D eigenvalue weighted by atomic mass is 32.2. The SMILES string of the molecule is CCCNC(=O)[C@H](C)NC(=O)CSc1nc(CC(=O)OC)cc(=O)[nH]1. The number of carbonyl (C=O) groups excluding carboxylic acids is 3. The highest BCUT2D eigenvalue weighted by Gasteiger charge is 2.15. The predicted octanol–water partition coefficient (Wildman–Crippen LogP) is -0.392. The topological polar surface area (TPSA) is 130 Å². The molecule has 0 spiro atoms. The van der Waals surface area contributed by atoms with Gasteiger partial charge in [-0.25, -0.2) is 4.98 Å². The van der Waals surface area contributed by atoms with Crippen LogP contribution in [0.1, 0.15) is 26.0 Å². The van der Waals surface area contributed by atoms with Gasteiger partial charge >= 0.3 is 5.97 Å². The lowest BCUT2D eigenvalue weighted by atomic mass is 10.3. The van der Waals surface area contributed by atoms with E-state index >= 15 is 0 Å². The third-order valence-electron chi connectivity index (χ3n) is 2.99. The van der Waals surface area contributed by atoms with Crippen molar-refractivity contribution < 1.29 is 19.1 Å². The van der Waals surface area contributed by atoms with E-state index in [1.165, 1.54) is 13.2 Å². The largest absolute Gasteiger partial charge is 0.469 e. The van der Waals surface area contributed by atoms with Crippen molar-refractivity contribution in [3.05, 3.63) is 22.1 Å². The number of ether oxygens (including phenoxy) is 1. The highest BCUT2D eigenvalue weighted by molar-refractivity contribution is 7.99. The summed E-state index contributed by atoms with van der Waals surface area (Å²) in [6.07, 6.45) is 0.679. The summed E-state index contributed by atoms with van der Waals surface area (Å²) in [6.45, 7) is 4.07. The van der Waals surface area contributed by atoms with Crippen LogP contribution in [0, 0.1) is 0 Å². The maximum Gasteiger partial charge on any atom is 0.311 e. The molecule has 0 bridgehead atoms. The van der Waals surface area contributed by atoms with Crippen LogP contribution in [0.5, 0.6) is 0 Å². The summed E-state index contributed by atoms with van der Waals surface area (Å²) < 4.78 is 4.53. The monoisotopic (exact) mass is 370 g/mol. The molecule has 1 atom stereocenters. The number of nitrogens with zero attached hydrogens (tertiary/aromatic N) is 1. The van der Waals surface area contributed by atoms with Gasteiger partial charge in [0.25, 0.3) is 5.56 Å². The second kappa shape index (κ2) is 10.5. The van der Waals surface area contributed by atoms with Crippen molar-refractivity contribution in [2.45, 2.75) is 37.9 Å². The fraction of sp³-hybridized carbons (Fsp3) is 0.533. The van der Waals surface area contributed by atoms with Gasteiger partial charge in [0.15, 0.2) is 5.16 Å². The van der Waals surface area contributed by atoms with E-state index in [9.17, 15) is 19.2 Å². The number of hydrogen-bond acceptors (Lipinski definition) is 7. The first kappa shape index (κ1) is 20.7. The number of aromatic nitrogens is 2. The lowest BCUT2D eigenvalue weighted by Crippen LogP contribution is -2.45. The number of amides is 2. The number of rotatable bonds is 9. The predicted molar refractivity (Wildman–Crippen MR) is 92.2 cm³/mol. The van der Waals surface area contributed by atoms with E-state index in [1.807, 2.05) is 6.92 Å². The van der Waals surface area contributed by atoms with E-state index in [1.54, 1.807) is 6.92 Å². The van der Waals surface area contributed by atoms with Crippen molar-refractivity contribution >= 4 is 29.5 Å². The molecule has 3 N–H and O–H groups in total. The Morgan fingerprint density at radius 2 is 2.12 bits per heavy atom. The zero-order chi connectivity index (χ0) is 18.8. The molecular weight excluding hydrogens is 348 g/mol. The molecule has 1 aromatic heterocycles. The smallest absolute Gasteiger partial charge is 0.311 e. The Morgan fingerprint density at radius 3 is 2.76 bits per heavy atom. The minimum atomic E-state index is -0.655. The summed E-state index contributed by atoms with van der Waals surface area (Å²) in [5.41, 5.74) is -0.171. The van der Waals surface area contributed by atoms with Crippen LogP contribution in [0.3, 0.4) is 0 Å². The third-order valence-corrected chi connectivity index (χ3v) is 3.86. The standard InChI is InChI=1S/C15H22N4O5S/c1-4-5-16-14(23)9(2)17-12(21)8-25-15-18-10(6-11(20)19-15)7-13(22)24-3/h6,9H,4-5,7-8H2,1-3H3,(H,16,23)(H,17,21)(H,18,19,20)/t9-/m0/s1. The summed E-state index contributed by atoms with van der Waals surface area (Å²) in [5, 5.41) is 5.46.